The van der Waals surface area contributed by atoms with Crippen LogP contribution in [0.4, 0.5) is 8.78 Å². The highest BCUT2D eigenvalue weighted by molar-refractivity contribution is 7.85. The summed E-state index contributed by atoms with van der Waals surface area (Å²) in [4.78, 5) is 0.462. The number of benzene rings is 1. The van der Waals surface area contributed by atoms with E-state index in [1.807, 2.05) is 0 Å². The molecule has 0 spiro atoms. The highest BCUT2D eigenvalue weighted by atomic mass is 32.2. The Morgan fingerprint density at radius 1 is 1.13 bits per heavy atom. The molecule has 0 saturated carbocycles. The van der Waals surface area contributed by atoms with Crippen LogP contribution < -0.4 is 0 Å². The predicted molar refractivity (Wildman–Crippen MR) is 87.3 cm³/mol. The number of hydrogen-bond donors (Lipinski definition) is 0. The molecule has 132 valence electrons. The van der Waals surface area contributed by atoms with Gasteiger partial charge in [0.25, 0.3) is 0 Å². The van der Waals surface area contributed by atoms with Gasteiger partial charge in [-0.05, 0) is 32.4 Å². The van der Waals surface area contributed by atoms with Crippen molar-refractivity contribution in [2.45, 2.75) is 37.8 Å². The first-order chi connectivity index (χ1) is 10.8. The molecule has 4 nitrogen and oxygen atoms in total. The lowest BCUT2D eigenvalue weighted by Crippen LogP contribution is -2.33. The van der Waals surface area contributed by atoms with Crippen molar-refractivity contribution in [3.05, 3.63) is 30.3 Å². The minimum absolute atomic E-state index is 0.00964. The second-order valence-corrected chi connectivity index (χ2v) is 8.45. The highest BCUT2D eigenvalue weighted by Crippen LogP contribution is 2.65. The maximum absolute atomic E-state index is 14.7. The maximum atomic E-state index is 14.7. The first-order valence-corrected chi connectivity index (χ1v) is 10.4. The Kier molecular flexibility index (Phi) is 8.01. The van der Waals surface area contributed by atoms with E-state index in [4.69, 9.17) is 9.05 Å². The van der Waals surface area contributed by atoms with E-state index in [-0.39, 0.29) is 25.4 Å². The molecule has 0 aliphatic carbocycles. The molecule has 0 fully saturated rings. The molecule has 1 aromatic carbocycles. The van der Waals surface area contributed by atoms with E-state index in [1.54, 1.807) is 37.3 Å². The van der Waals surface area contributed by atoms with Crippen molar-refractivity contribution in [3.63, 3.8) is 0 Å². The molecule has 0 heterocycles. The fourth-order valence-corrected chi connectivity index (χ4v) is 5.49. The van der Waals surface area contributed by atoms with Crippen molar-refractivity contribution in [2.24, 2.45) is 5.92 Å². The van der Waals surface area contributed by atoms with Gasteiger partial charge in [-0.1, -0.05) is 25.1 Å². The molecule has 0 bridgehead atoms. The number of rotatable bonds is 10. The van der Waals surface area contributed by atoms with E-state index in [2.05, 4.69) is 0 Å². The zero-order valence-corrected chi connectivity index (χ0v) is 15.2. The van der Waals surface area contributed by atoms with Crippen LogP contribution in [0.25, 0.3) is 0 Å². The van der Waals surface area contributed by atoms with Crippen LogP contribution >= 0.6 is 7.60 Å². The molecule has 0 aliphatic rings. The van der Waals surface area contributed by atoms with Crippen LogP contribution in [0.5, 0.6) is 0 Å². The minimum Gasteiger partial charge on any atom is -0.305 e. The molecule has 0 aromatic heterocycles. The molecule has 0 aliphatic heterocycles. The molecule has 0 radical (unpaired) electrons. The third-order valence-electron chi connectivity index (χ3n) is 3.31. The van der Waals surface area contributed by atoms with Gasteiger partial charge in [0.05, 0.1) is 24.0 Å². The predicted octanol–water partition coefficient (Wildman–Crippen LogP) is 4.68. The summed E-state index contributed by atoms with van der Waals surface area (Å²) in [5.74, 6) is -1.68. The van der Waals surface area contributed by atoms with Crippen LogP contribution in [0, 0.1) is 5.92 Å². The van der Waals surface area contributed by atoms with Crippen LogP contribution in [0.3, 0.4) is 0 Å². The van der Waals surface area contributed by atoms with E-state index in [0.717, 1.165) is 0 Å². The van der Waals surface area contributed by atoms with E-state index in [1.165, 1.54) is 13.8 Å². The van der Waals surface area contributed by atoms with Crippen LogP contribution in [-0.4, -0.2) is 28.8 Å². The first kappa shape index (κ1) is 20.4. The standard InChI is InChI=1S/C15H23F2O4PS/c1-4-13(12-23(19)14-10-8-7-9-11-14)15(16,17)22(18,20-5-2)21-6-3/h7-11,13H,4-6,12H2,1-3H3. The van der Waals surface area contributed by atoms with Gasteiger partial charge in [0, 0.05) is 16.6 Å². The zero-order valence-electron chi connectivity index (χ0n) is 13.5. The third kappa shape index (κ3) is 4.92. The van der Waals surface area contributed by atoms with Crippen LogP contribution in [0.2, 0.25) is 0 Å². The second-order valence-electron chi connectivity index (χ2n) is 4.85. The fourth-order valence-electron chi connectivity index (χ4n) is 2.09. The van der Waals surface area contributed by atoms with E-state index in [9.17, 15) is 17.6 Å². The average molecular weight is 368 g/mol. The molecule has 8 heteroatoms. The Balaban J connectivity index is 3.01. The first-order valence-electron chi connectivity index (χ1n) is 7.52. The summed E-state index contributed by atoms with van der Waals surface area (Å²) in [7, 11) is -6.23. The molecule has 0 saturated heterocycles. The summed E-state index contributed by atoms with van der Waals surface area (Å²) >= 11 is 0. The Hall–Kier alpha value is -0.620. The Bertz CT molecular complexity index is 544. The molecule has 2 atom stereocenters. The van der Waals surface area contributed by atoms with Crippen LogP contribution in [0.15, 0.2) is 35.2 Å². The van der Waals surface area contributed by atoms with E-state index in [0.29, 0.717) is 4.90 Å². The summed E-state index contributed by atoms with van der Waals surface area (Å²) in [5, 5.41) is 0. The Labute approximate surface area is 138 Å². The van der Waals surface area contributed by atoms with Crippen molar-refractivity contribution in [3.8, 4) is 0 Å². The minimum atomic E-state index is -4.61. The van der Waals surface area contributed by atoms with Crippen molar-refractivity contribution >= 4 is 18.4 Å². The summed E-state index contributed by atoms with van der Waals surface area (Å²) in [6.07, 6.45) is 0.00964. The van der Waals surface area contributed by atoms with E-state index < -0.39 is 30.0 Å². The van der Waals surface area contributed by atoms with Gasteiger partial charge in [-0.3, -0.25) is 8.77 Å². The number of halogens is 2. The molecular weight excluding hydrogens is 345 g/mol. The van der Waals surface area contributed by atoms with Gasteiger partial charge >= 0.3 is 13.3 Å². The lowest BCUT2D eigenvalue weighted by molar-refractivity contribution is -0.00579. The van der Waals surface area contributed by atoms with Gasteiger partial charge in [0.15, 0.2) is 0 Å². The van der Waals surface area contributed by atoms with Crippen LogP contribution in [-0.2, 0) is 24.4 Å². The SMILES string of the molecule is CCOP(=O)(OCC)C(F)(F)C(CC)CS(=O)c1ccccc1. The summed E-state index contributed by atoms with van der Waals surface area (Å²) < 4.78 is 63.8. The molecular formula is C15H23F2O4PS. The Morgan fingerprint density at radius 2 is 1.65 bits per heavy atom. The second kappa shape index (κ2) is 9.02. The largest absolute Gasteiger partial charge is 0.399 e. The summed E-state index contributed by atoms with van der Waals surface area (Å²) in [5.41, 5.74) is -3.70. The monoisotopic (exact) mass is 368 g/mol. The van der Waals surface area contributed by atoms with Gasteiger partial charge in [-0.25, -0.2) is 0 Å². The van der Waals surface area contributed by atoms with Crippen molar-refractivity contribution in [1.29, 1.82) is 0 Å². The average Bonchev–Trinajstić information content (AvgIpc) is 2.53. The lowest BCUT2D eigenvalue weighted by Gasteiger charge is -2.31. The maximum Gasteiger partial charge on any atom is 0.399 e. The molecule has 0 N–H and O–H groups in total. The molecule has 1 aromatic rings. The van der Waals surface area contributed by atoms with Gasteiger partial charge < -0.3 is 9.05 Å². The van der Waals surface area contributed by atoms with Crippen molar-refractivity contribution in [1.82, 2.24) is 0 Å². The van der Waals surface area contributed by atoms with E-state index >= 15 is 0 Å². The molecule has 2 unspecified atom stereocenters. The topological polar surface area (TPSA) is 52.6 Å². The lowest BCUT2D eigenvalue weighted by atomic mass is 10.1. The van der Waals surface area contributed by atoms with Gasteiger partial charge in [-0.15, -0.1) is 0 Å². The molecule has 23 heavy (non-hydrogen) atoms. The number of hydrogen-bond acceptors (Lipinski definition) is 4. The summed E-state index contributed by atoms with van der Waals surface area (Å²) in [6.45, 7) is 4.20. The van der Waals surface area contributed by atoms with Gasteiger partial charge in [0.1, 0.15) is 0 Å². The van der Waals surface area contributed by atoms with Crippen molar-refractivity contribution in [2.75, 3.05) is 19.0 Å². The number of alkyl halides is 2. The van der Waals surface area contributed by atoms with Crippen LogP contribution in [0.1, 0.15) is 27.2 Å². The molecule has 1 rings (SSSR count). The normalized spacial score (nSPS) is 15.3. The fraction of sp³-hybridized carbons (Fsp3) is 0.600. The van der Waals surface area contributed by atoms with Gasteiger partial charge in [0.2, 0.25) is 0 Å². The smallest absolute Gasteiger partial charge is 0.305 e. The molecule has 0 amide bonds. The van der Waals surface area contributed by atoms with Crippen molar-refractivity contribution < 1.29 is 26.6 Å². The zero-order chi connectivity index (χ0) is 17.5. The Morgan fingerprint density at radius 3 is 2.09 bits per heavy atom. The quantitative estimate of drug-likeness (QED) is 0.563. The van der Waals surface area contributed by atoms with Gasteiger partial charge in [-0.2, -0.15) is 8.78 Å². The summed E-state index contributed by atoms with van der Waals surface area (Å²) in [6, 6.07) is 8.37. The third-order valence-corrected chi connectivity index (χ3v) is 7.10. The highest BCUT2D eigenvalue weighted by Gasteiger charge is 2.58.